The molecule has 0 aliphatic heterocycles. The van der Waals surface area contributed by atoms with Crippen LogP contribution in [0.4, 0.5) is 20.4 Å². The predicted octanol–water partition coefficient (Wildman–Crippen LogP) is 2.41. The van der Waals surface area contributed by atoms with Gasteiger partial charge in [0.2, 0.25) is 5.95 Å². The fraction of sp³-hybridized carbons (Fsp3) is 0.125. The largest absolute Gasteiger partial charge is 0.346 e. The van der Waals surface area contributed by atoms with E-state index in [-0.39, 0.29) is 5.69 Å². The number of sulfonamides is 1. The molecule has 7 nitrogen and oxygen atoms in total. The molecule has 2 aromatic carbocycles. The third kappa shape index (κ3) is 3.64. The minimum atomic E-state index is -4.29. The molecule has 0 fully saturated rings. The second-order valence-corrected chi connectivity index (χ2v) is 7.26. The molecular formula is C16H15F2N5O2S. The van der Waals surface area contributed by atoms with Gasteiger partial charge in [0.05, 0.1) is 11.4 Å². The Morgan fingerprint density at radius 3 is 2.58 bits per heavy atom. The van der Waals surface area contributed by atoms with Gasteiger partial charge in [0.15, 0.2) is 0 Å². The van der Waals surface area contributed by atoms with Crippen molar-refractivity contribution in [3.05, 3.63) is 60.4 Å². The van der Waals surface area contributed by atoms with E-state index >= 15 is 0 Å². The molecule has 1 aromatic heterocycles. The lowest BCUT2D eigenvalue weighted by Crippen LogP contribution is -2.15. The molecule has 0 atom stereocenters. The molecule has 0 bridgehead atoms. The van der Waals surface area contributed by atoms with Crippen molar-refractivity contribution >= 4 is 21.7 Å². The van der Waals surface area contributed by atoms with E-state index < -0.39 is 26.6 Å². The second kappa shape index (κ2) is 6.71. The lowest BCUT2D eigenvalue weighted by atomic mass is 10.3. The highest BCUT2D eigenvalue weighted by Gasteiger charge is 2.20. The Kier molecular flexibility index (Phi) is 4.60. The molecule has 0 unspecified atom stereocenters. The summed E-state index contributed by atoms with van der Waals surface area (Å²) >= 11 is 0. The van der Waals surface area contributed by atoms with Gasteiger partial charge >= 0.3 is 0 Å². The average Bonchev–Trinajstić information content (AvgIpc) is 3.07. The highest BCUT2D eigenvalue weighted by Crippen LogP contribution is 2.21. The van der Waals surface area contributed by atoms with Gasteiger partial charge in [-0.1, -0.05) is 6.07 Å². The minimum absolute atomic E-state index is 0.174. The quantitative estimate of drug-likeness (QED) is 0.736. The van der Waals surface area contributed by atoms with E-state index in [1.807, 2.05) is 0 Å². The summed E-state index contributed by atoms with van der Waals surface area (Å²) in [6, 6.07) is 8.54. The zero-order valence-electron chi connectivity index (χ0n) is 13.9. The standard InChI is InChI=1S/C16H15F2N5O2S/c1-22(2)16-19-10-23(20-16)13-5-3-4-12(9-13)21-26(24,25)15-8-11(17)6-7-14(15)18/h3-10,21H,1-2H3. The van der Waals surface area contributed by atoms with E-state index in [2.05, 4.69) is 14.8 Å². The van der Waals surface area contributed by atoms with Gasteiger partial charge in [-0.15, -0.1) is 5.10 Å². The van der Waals surface area contributed by atoms with Crippen LogP contribution in [0.15, 0.2) is 53.7 Å². The molecule has 0 aliphatic carbocycles. The molecule has 0 saturated heterocycles. The summed E-state index contributed by atoms with van der Waals surface area (Å²) in [6.07, 6.45) is 1.48. The maximum Gasteiger partial charge on any atom is 0.264 e. The van der Waals surface area contributed by atoms with E-state index in [9.17, 15) is 17.2 Å². The third-order valence-electron chi connectivity index (χ3n) is 3.43. The zero-order valence-corrected chi connectivity index (χ0v) is 14.7. The molecule has 10 heteroatoms. The van der Waals surface area contributed by atoms with Crippen molar-refractivity contribution in [2.24, 2.45) is 0 Å². The summed E-state index contributed by atoms with van der Waals surface area (Å²) in [5.74, 6) is -1.40. The van der Waals surface area contributed by atoms with Crippen molar-refractivity contribution in [3.8, 4) is 5.69 Å². The van der Waals surface area contributed by atoms with Crippen LogP contribution in [0, 0.1) is 11.6 Å². The maximum atomic E-state index is 13.8. The average molecular weight is 379 g/mol. The first-order chi connectivity index (χ1) is 12.3. The number of hydrogen-bond donors (Lipinski definition) is 1. The van der Waals surface area contributed by atoms with Crippen molar-refractivity contribution in [3.63, 3.8) is 0 Å². The number of hydrogen-bond acceptors (Lipinski definition) is 5. The molecule has 26 heavy (non-hydrogen) atoms. The van der Waals surface area contributed by atoms with Gasteiger partial charge in [0.1, 0.15) is 22.9 Å². The normalized spacial score (nSPS) is 11.4. The second-order valence-electron chi connectivity index (χ2n) is 5.61. The van der Waals surface area contributed by atoms with Crippen LogP contribution < -0.4 is 9.62 Å². The van der Waals surface area contributed by atoms with Gasteiger partial charge in [-0.25, -0.2) is 21.9 Å². The molecule has 0 radical (unpaired) electrons. The Hall–Kier alpha value is -3.01. The van der Waals surface area contributed by atoms with Crippen LogP contribution in [-0.2, 0) is 10.0 Å². The van der Waals surface area contributed by atoms with E-state index in [4.69, 9.17) is 0 Å². The molecule has 0 spiro atoms. The molecule has 1 heterocycles. The Morgan fingerprint density at radius 1 is 1.12 bits per heavy atom. The van der Waals surface area contributed by atoms with Gasteiger partial charge in [0, 0.05) is 14.1 Å². The fourth-order valence-electron chi connectivity index (χ4n) is 2.19. The van der Waals surface area contributed by atoms with Gasteiger partial charge in [-0.3, -0.25) is 4.72 Å². The predicted molar refractivity (Wildman–Crippen MR) is 92.9 cm³/mol. The molecule has 0 amide bonds. The van der Waals surface area contributed by atoms with E-state index in [0.717, 1.165) is 12.1 Å². The van der Waals surface area contributed by atoms with Crippen molar-refractivity contribution < 1.29 is 17.2 Å². The first kappa shape index (κ1) is 17.8. The van der Waals surface area contributed by atoms with Crippen molar-refractivity contribution in [2.45, 2.75) is 4.90 Å². The van der Waals surface area contributed by atoms with Gasteiger partial charge in [-0.05, 0) is 36.4 Å². The molecule has 0 aliphatic rings. The molecule has 1 N–H and O–H groups in total. The Morgan fingerprint density at radius 2 is 1.88 bits per heavy atom. The van der Waals surface area contributed by atoms with Crippen LogP contribution in [0.1, 0.15) is 0 Å². The van der Waals surface area contributed by atoms with E-state index in [1.54, 1.807) is 31.1 Å². The molecular weight excluding hydrogens is 364 g/mol. The summed E-state index contributed by atoms with van der Waals surface area (Å²) < 4.78 is 55.5. The van der Waals surface area contributed by atoms with Crippen LogP contribution in [-0.4, -0.2) is 37.3 Å². The summed E-state index contributed by atoms with van der Waals surface area (Å²) in [5.41, 5.74) is 0.721. The summed E-state index contributed by atoms with van der Waals surface area (Å²) in [7, 11) is -0.713. The molecule has 3 rings (SSSR count). The summed E-state index contributed by atoms with van der Waals surface area (Å²) in [6.45, 7) is 0. The number of aromatic nitrogens is 3. The van der Waals surface area contributed by atoms with Crippen molar-refractivity contribution in [2.75, 3.05) is 23.7 Å². The zero-order chi connectivity index (χ0) is 18.9. The first-order valence-electron chi connectivity index (χ1n) is 7.43. The summed E-state index contributed by atoms with van der Waals surface area (Å²) in [4.78, 5) is 5.07. The Balaban J connectivity index is 1.92. The van der Waals surface area contributed by atoms with Crippen LogP contribution >= 0.6 is 0 Å². The van der Waals surface area contributed by atoms with E-state index in [0.29, 0.717) is 17.7 Å². The third-order valence-corrected chi connectivity index (χ3v) is 4.82. The highest BCUT2D eigenvalue weighted by molar-refractivity contribution is 7.92. The topological polar surface area (TPSA) is 80.1 Å². The summed E-state index contributed by atoms with van der Waals surface area (Å²) in [5, 5.41) is 4.25. The molecule has 136 valence electrons. The lowest BCUT2D eigenvalue weighted by Gasteiger charge is -2.10. The molecule has 0 saturated carbocycles. The monoisotopic (exact) mass is 379 g/mol. The van der Waals surface area contributed by atoms with E-state index in [1.165, 1.54) is 23.1 Å². The highest BCUT2D eigenvalue weighted by atomic mass is 32.2. The smallest absolute Gasteiger partial charge is 0.264 e. The van der Waals surface area contributed by atoms with Crippen LogP contribution in [0.3, 0.4) is 0 Å². The van der Waals surface area contributed by atoms with Crippen molar-refractivity contribution in [1.29, 1.82) is 0 Å². The SMILES string of the molecule is CN(C)c1ncn(-c2cccc(NS(=O)(=O)c3cc(F)ccc3F)c2)n1. The van der Waals surface area contributed by atoms with Gasteiger partial charge < -0.3 is 4.90 Å². The van der Waals surface area contributed by atoms with Gasteiger partial charge in [0.25, 0.3) is 10.0 Å². The van der Waals surface area contributed by atoms with Gasteiger partial charge in [-0.2, -0.15) is 4.98 Å². The minimum Gasteiger partial charge on any atom is -0.346 e. The Bertz CT molecular complexity index is 1050. The van der Waals surface area contributed by atoms with Crippen LogP contribution in [0.25, 0.3) is 5.69 Å². The van der Waals surface area contributed by atoms with Crippen molar-refractivity contribution in [1.82, 2.24) is 14.8 Å². The van der Waals surface area contributed by atoms with Crippen LogP contribution in [0.5, 0.6) is 0 Å². The lowest BCUT2D eigenvalue weighted by molar-refractivity contribution is 0.555. The number of rotatable bonds is 5. The fourth-order valence-corrected chi connectivity index (χ4v) is 3.33. The molecule has 3 aromatic rings. The number of benzene rings is 2. The Labute approximate surface area is 149 Å². The number of halogens is 2. The number of nitrogens with zero attached hydrogens (tertiary/aromatic N) is 4. The number of nitrogens with one attached hydrogen (secondary N) is 1. The van der Waals surface area contributed by atoms with Crippen LogP contribution in [0.2, 0.25) is 0 Å². The maximum absolute atomic E-state index is 13.8. The first-order valence-corrected chi connectivity index (χ1v) is 8.92. The number of anilines is 2.